The lowest BCUT2D eigenvalue weighted by Gasteiger charge is -2.07. The highest BCUT2D eigenvalue weighted by Gasteiger charge is 2.33. The van der Waals surface area contributed by atoms with E-state index in [0.29, 0.717) is 17.9 Å². The van der Waals surface area contributed by atoms with Gasteiger partial charge >= 0.3 is 6.18 Å². The molecular formula is C13H11F4NO. The van der Waals surface area contributed by atoms with Crippen molar-refractivity contribution in [1.29, 1.82) is 0 Å². The predicted molar refractivity (Wildman–Crippen MR) is 63.9 cm³/mol. The van der Waals surface area contributed by atoms with Crippen molar-refractivity contribution in [3.8, 4) is 5.75 Å². The second-order valence-corrected chi connectivity index (χ2v) is 3.57. The molecule has 0 saturated carbocycles. The second-order valence-electron chi connectivity index (χ2n) is 3.57. The molecule has 0 aliphatic heterocycles. The van der Waals surface area contributed by atoms with Gasteiger partial charge in [-0.25, -0.2) is 4.39 Å². The Labute approximate surface area is 107 Å². The van der Waals surface area contributed by atoms with Crippen LogP contribution in [0.5, 0.6) is 5.75 Å². The maximum absolute atomic E-state index is 12.5. The number of halogens is 4. The van der Waals surface area contributed by atoms with Crippen molar-refractivity contribution < 1.29 is 22.7 Å². The second kappa shape index (κ2) is 6.08. The fraction of sp³-hybridized carbons (Fsp3) is 0.0769. The molecule has 0 aliphatic carbocycles. The number of rotatable bonds is 0. The van der Waals surface area contributed by atoms with Crippen LogP contribution in [0.15, 0.2) is 48.5 Å². The number of nitrogens with two attached hydrogens (primary N) is 1. The summed E-state index contributed by atoms with van der Waals surface area (Å²) >= 11 is 0. The third-order valence-electron chi connectivity index (χ3n) is 2.05. The summed E-state index contributed by atoms with van der Waals surface area (Å²) in [6, 6.07) is 11.0. The van der Waals surface area contributed by atoms with E-state index >= 15 is 0 Å². The van der Waals surface area contributed by atoms with Crippen LogP contribution in [-0.4, -0.2) is 5.11 Å². The van der Waals surface area contributed by atoms with Crippen LogP contribution in [0.3, 0.4) is 0 Å². The predicted octanol–water partition coefficient (Wildman–Crippen LogP) is 3.82. The van der Waals surface area contributed by atoms with Gasteiger partial charge in [0.1, 0.15) is 11.6 Å². The molecule has 0 heterocycles. The number of aromatic hydroxyl groups is 1. The summed E-state index contributed by atoms with van der Waals surface area (Å²) in [6.07, 6.45) is -4.65. The highest BCUT2D eigenvalue weighted by molar-refractivity contribution is 5.41. The van der Waals surface area contributed by atoms with E-state index in [4.69, 9.17) is 10.8 Å². The Hall–Kier alpha value is -2.24. The number of para-hydroxylation sites is 1. The Kier molecular flexibility index (Phi) is 4.74. The fourth-order valence-corrected chi connectivity index (χ4v) is 1.19. The SMILES string of the molecule is Nc1ccc(C(F)(F)F)c(F)c1.Oc1ccccc1. The molecule has 0 radical (unpaired) electrons. The number of hydrogen-bond acceptors (Lipinski definition) is 2. The first-order chi connectivity index (χ1) is 8.80. The summed E-state index contributed by atoms with van der Waals surface area (Å²) in [5, 5.41) is 8.63. The Morgan fingerprint density at radius 1 is 0.947 bits per heavy atom. The lowest BCUT2D eigenvalue weighted by atomic mass is 10.2. The van der Waals surface area contributed by atoms with Crippen LogP contribution in [0, 0.1) is 5.82 Å². The van der Waals surface area contributed by atoms with Gasteiger partial charge in [0.05, 0.1) is 5.56 Å². The molecule has 0 amide bonds. The molecule has 6 heteroatoms. The molecule has 2 rings (SSSR count). The van der Waals surface area contributed by atoms with E-state index in [1.807, 2.05) is 6.07 Å². The molecule has 2 aromatic carbocycles. The molecule has 0 aliphatic rings. The van der Waals surface area contributed by atoms with Crippen molar-refractivity contribution in [2.24, 2.45) is 0 Å². The normalized spacial score (nSPS) is 10.5. The van der Waals surface area contributed by atoms with E-state index in [0.717, 1.165) is 6.07 Å². The van der Waals surface area contributed by atoms with Crippen molar-refractivity contribution in [3.05, 3.63) is 59.9 Å². The fourth-order valence-electron chi connectivity index (χ4n) is 1.19. The first kappa shape index (κ1) is 14.8. The van der Waals surface area contributed by atoms with E-state index < -0.39 is 17.6 Å². The minimum absolute atomic E-state index is 0.0273. The van der Waals surface area contributed by atoms with Gasteiger partial charge in [-0.3, -0.25) is 0 Å². The van der Waals surface area contributed by atoms with Crippen molar-refractivity contribution in [1.82, 2.24) is 0 Å². The van der Waals surface area contributed by atoms with E-state index in [9.17, 15) is 17.6 Å². The topological polar surface area (TPSA) is 46.2 Å². The summed E-state index contributed by atoms with van der Waals surface area (Å²) < 4.78 is 48.2. The van der Waals surface area contributed by atoms with Crippen molar-refractivity contribution >= 4 is 5.69 Å². The Morgan fingerprint density at radius 3 is 1.89 bits per heavy atom. The number of benzene rings is 2. The monoisotopic (exact) mass is 273 g/mol. The Balaban J connectivity index is 0.000000218. The molecule has 0 saturated heterocycles. The van der Waals surface area contributed by atoms with Gasteiger partial charge in [0.2, 0.25) is 0 Å². The minimum Gasteiger partial charge on any atom is -0.508 e. The van der Waals surface area contributed by atoms with Crippen molar-refractivity contribution in [2.45, 2.75) is 6.18 Å². The summed E-state index contributed by atoms with van der Waals surface area (Å²) in [5.41, 5.74) is 3.74. The number of alkyl halides is 3. The summed E-state index contributed by atoms with van der Waals surface area (Å²) in [4.78, 5) is 0. The number of anilines is 1. The highest BCUT2D eigenvalue weighted by Crippen LogP contribution is 2.31. The molecular weight excluding hydrogens is 262 g/mol. The third kappa shape index (κ3) is 4.87. The van der Waals surface area contributed by atoms with Gasteiger partial charge in [0.15, 0.2) is 0 Å². The molecule has 0 bridgehead atoms. The van der Waals surface area contributed by atoms with Gasteiger partial charge in [0.25, 0.3) is 0 Å². The number of phenolic OH excluding ortho intramolecular Hbond substituents is 1. The molecule has 2 aromatic rings. The molecule has 0 unspecified atom stereocenters. The maximum Gasteiger partial charge on any atom is 0.419 e. The average molecular weight is 273 g/mol. The zero-order valence-corrected chi connectivity index (χ0v) is 9.66. The molecule has 2 nitrogen and oxygen atoms in total. The minimum atomic E-state index is -4.65. The molecule has 0 fully saturated rings. The lowest BCUT2D eigenvalue weighted by Crippen LogP contribution is -2.08. The quantitative estimate of drug-likeness (QED) is 0.566. The van der Waals surface area contributed by atoms with Gasteiger partial charge in [-0.15, -0.1) is 0 Å². The van der Waals surface area contributed by atoms with E-state index in [1.54, 1.807) is 24.3 Å². The maximum atomic E-state index is 12.5. The van der Waals surface area contributed by atoms with Crippen LogP contribution >= 0.6 is 0 Å². The molecule has 0 spiro atoms. The summed E-state index contributed by atoms with van der Waals surface area (Å²) in [5.74, 6) is -1.02. The summed E-state index contributed by atoms with van der Waals surface area (Å²) in [7, 11) is 0. The first-order valence-electron chi connectivity index (χ1n) is 5.17. The molecule has 102 valence electrons. The van der Waals surface area contributed by atoms with Gasteiger partial charge in [-0.1, -0.05) is 18.2 Å². The van der Waals surface area contributed by atoms with Crippen LogP contribution in [0.2, 0.25) is 0 Å². The highest BCUT2D eigenvalue weighted by atomic mass is 19.4. The van der Waals surface area contributed by atoms with Gasteiger partial charge in [0, 0.05) is 5.69 Å². The molecule has 3 N–H and O–H groups in total. The van der Waals surface area contributed by atoms with Crippen LogP contribution in [0.1, 0.15) is 5.56 Å². The lowest BCUT2D eigenvalue weighted by molar-refractivity contribution is -0.139. The number of nitrogen functional groups attached to an aromatic ring is 1. The van der Waals surface area contributed by atoms with Gasteiger partial charge in [-0.05, 0) is 30.3 Å². The molecule has 19 heavy (non-hydrogen) atoms. The van der Waals surface area contributed by atoms with Crippen LogP contribution in [0.25, 0.3) is 0 Å². The molecule has 0 atom stereocenters. The number of hydrogen-bond donors (Lipinski definition) is 2. The van der Waals surface area contributed by atoms with Gasteiger partial charge < -0.3 is 10.8 Å². The van der Waals surface area contributed by atoms with Crippen molar-refractivity contribution in [2.75, 3.05) is 5.73 Å². The van der Waals surface area contributed by atoms with Crippen LogP contribution in [-0.2, 0) is 6.18 Å². The van der Waals surface area contributed by atoms with Crippen LogP contribution < -0.4 is 5.73 Å². The van der Waals surface area contributed by atoms with Crippen molar-refractivity contribution in [3.63, 3.8) is 0 Å². The van der Waals surface area contributed by atoms with E-state index in [1.165, 1.54) is 0 Å². The van der Waals surface area contributed by atoms with E-state index in [2.05, 4.69) is 0 Å². The Morgan fingerprint density at radius 2 is 1.53 bits per heavy atom. The zero-order chi connectivity index (χ0) is 14.5. The average Bonchev–Trinajstić information content (AvgIpc) is 2.28. The number of phenols is 1. The first-order valence-corrected chi connectivity index (χ1v) is 5.17. The van der Waals surface area contributed by atoms with Gasteiger partial charge in [-0.2, -0.15) is 13.2 Å². The smallest absolute Gasteiger partial charge is 0.419 e. The Bertz CT molecular complexity index is 526. The zero-order valence-electron chi connectivity index (χ0n) is 9.66. The third-order valence-corrected chi connectivity index (χ3v) is 2.05. The standard InChI is InChI=1S/C7H5F4N.C6H6O/c8-6-3-4(12)1-2-5(6)7(9,10)11;7-6-4-2-1-3-5-6/h1-3H,12H2;1-5,7H. The largest absolute Gasteiger partial charge is 0.508 e. The van der Waals surface area contributed by atoms with Crippen LogP contribution in [0.4, 0.5) is 23.2 Å². The molecule has 0 aromatic heterocycles. The van der Waals surface area contributed by atoms with E-state index in [-0.39, 0.29) is 5.69 Å². The summed E-state index contributed by atoms with van der Waals surface area (Å²) in [6.45, 7) is 0.